The molecule has 1 amide bonds. The van der Waals surface area contributed by atoms with E-state index < -0.39 is 11.9 Å². The molecular formula is C18H25NO3. The van der Waals surface area contributed by atoms with Crippen LogP contribution in [0.3, 0.4) is 0 Å². The van der Waals surface area contributed by atoms with Crippen LogP contribution in [0.1, 0.15) is 57.7 Å². The third kappa shape index (κ3) is 3.49. The lowest BCUT2D eigenvalue weighted by Gasteiger charge is -2.33. The fraction of sp³-hybridized carbons (Fsp3) is 0.556. The molecule has 4 nitrogen and oxygen atoms in total. The second kappa shape index (κ2) is 6.11. The Bertz CT molecular complexity index is 557. The number of carbonyl (C=O) groups is 2. The number of hydrogen-bond acceptors (Lipinski definition) is 2. The van der Waals surface area contributed by atoms with Gasteiger partial charge < -0.3 is 10.4 Å². The van der Waals surface area contributed by atoms with Crippen molar-refractivity contribution in [2.45, 2.75) is 52.0 Å². The first kappa shape index (κ1) is 16.5. The third-order valence-electron chi connectivity index (χ3n) is 4.56. The van der Waals surface area contributed by atoms with Crippen molar-refractivity contribution in [3.8, 4) is 0 Å². The van der Waals surface area contributed by atoms with Crippen LogP contribution in [-0.2, 0) is 15.0 Å². The summed E-state index contributed by atoms with van der Waals surface area (Å²) in [6.45, 7) is 8.42. The largest absolute Gasteiger partial charge is 0.481 e. The molecule has 1 aliphatic rings. The van der Waals surface area contributed by atoms with Gasteiger partial charge in [0, 0.05) is 0 Å². The van der Waals surface area contributed by atoms with E-state index in [1.165, 1.54) is 5.56 Å². The maximum atomic E-state index is 12.2. The minimum atomic E-state index is -0.867. The Morgan fingerprint density at radius 1 is 1.14 bits per heavy atom. The molecule has 0 aromatic heterocycles. The molecule has 0 bridgehead atoms. The van der Waals surface area contributed by atoms with E-state index in [1.807, 2.05) is 19.1 Å². The van der Waals surface area contributed by atoms with E-state index >= 15 is 0 Å². The summed E-state index contributed by atoms with van der Waals surface area (Å²) in [6, 6.07) is 8.11. The van der Waals surface area contributed by atoms with E-state index in [0.717, 1.165) is 5.56 Å². The van der Waals surface area contributed by atoms with Crippen LogP contribution >= 0.6 is 0 Å². The average Bonchev–Trinajstić information content (AvgIpc) is 2.35. The van der Waals surface area contributed by atoms with Crippen molar-refractivity contribution in [2.24, 2.45) is 11.8 Å². The number of carboxylic acids is 1. The Morgan fingerprint density at radius 2 is 1.68 bits per heavy atom. The molecule has 4 heteroatoms. The normalized spacial score (nSPS) is 22.5. The fourth-order valence-electron chi connectivity index (χ4n) is 2.78. The van der Waals surface area contributed by atoms with Gasteiger partial charge in [-0.3, -0.25) is 9.59 Å². The summed E-state index contributed by atoms with van der Waals surface area (Å²) in [5.41, 5.74) is 2.39. The van der Waals surface area contributed by atoms with Crippen molar-refractivity contribution < 1.29 is 14.7 Å². The van der Waals surface area contributed by atoms with Crippen LogP contribution in [-0.4, -0.2) is 17.0 Å². The summed E-state index contributed by atoms with van der Waals surface area (Å²) in [4.78, 5) is 23.2. The number of nitrogens with one attached hydrogen (secondary N) is 1. The Labute approximate surface area is 131 Å². The van der Waals surface area contributed by atoms with E-state index in [0.29, 0.717) is 12.8 Å². The van der Waals surface area contributed by atoms with Crippen LogP contribution in [0.2, 0.25) is 0 Å². The zero-order valence-corrected chi connectivity index (χ0v) is 13.7. The number of carboxylic acid groups (broad SMARTS) is 1. The molecule has 1 aliphatic carbocycles. The van der Waals surface area contributed by atoms with Crippen LogP contribution in [0.25, 0.3) is 0 Å². The second-order valence-electron chi connectivity index (χ2n) is 7.23. The van der Waals surface area contributed by atoms with Crippen LogP contribution in [0.4, 0.5) is 0 Å². The summed E-state index contributed by atoms with van der Waals surface area (Å²) in [6.07, 6.45) is 1.26. The van der Waals surface area contributed by atoms with Gasteiger partial charge in [-0.2, -0.15) is 0 Å². The molecule has 0 aliphatic heterocycles. The highest BCUT2D eigenvalue weighted by atomic mass is 16.4. The van der Waals surface area contributed by atoms with Gasteiger partial charge in [-0.15, -0.1) is 0 Å². The number of hydrogen-bond donors (Lipinski definition) is 2. The lowest BCUT2D eigenvalue weighted by Crippen LogP contribution is -2.44. The lowest BCUT2D eigenvalue weighted by molar-refractivity contribution is -0.152. The first-order valence-corrected chi connectivity index (χ1v) is 7.84. The summed E-state index contributed by atoms with van der Waals surface area (Å²) >= 11 is 0. The Kier molecular flexibility index (Phi) is 4.59. The molecule has 22 heavy (non-hydrogen) atoms. The van der Waals surface area contributed by atoms with Gasteiger partial charge in [-0.25, -0.2) is 0 Å². The molecule has 0 radical (unpaired) electrons. The molecule has 0 saturated heterocycles. The van der Waals surface area contributed by atoms with E-state index in [4.69, 9.17) is 5.11 Å². The van der Waals surface area contributed by atoms with Gasteiger partial charge in [0.2, 0.25) is 5.91 Å². The summed E-state index contributed by atoms with van der Waals surface area (Å²) < 4.78 is 0. The Morgan fingerprint density at radius 3 is 2.09 bits per heavy atom. The third-order valence-corrected chi connectivity index (χ3v) is 4.56. The highest BCUT2D eigenvalue weighted by molar-refractivity contribution is 5.86. The molecule has 120 valence electrons. The molecule has 0 heterocycles. The summed E-state index contributed by atoms with van der Waals surface area (Å²) in [5, 5.41) is 12.0. The van der Waals surface area contributed by atoms with Gasteiger partial charge in [0.1, 0.15) is 0 Å². The van der Waals surface area contributed by atoms with Crippen LogP contribution in [0.15, 0.2) is 24.3 Å². The minimum Gasteiger partial charge on any atom is -0.481 e. The van der Waals surface area contributed by atoms with Crippen LogP contribution in [0.5, 0.6) is 0 Å². The predicted molar refractivity (Wildman–Crippen MR) is 85.5 cm³/mol. The van der Waals surface area contributed by atoms with Gasteiger partial charge in [-0.05, 0) is 36.3 Å². The number of aliphatic carboxylic acids is 1. The van der Waals surface area contributed by atoms with Crippen molar-refractivity contribution >= 4 is 11.9 Å². The maximum Gasteiger partial charge on any atom is 0.307 e. The Hall–Kier alpha value is -1.84. The molecule has 3 unspecified atom stereocenters. The van der Waals surface area contributed by atoms with Crippen LogP contribution in [0, 0.1) is 11.8 Å². The van der Waals surface area contributed by atoms with Gasteiger partial charge in [0.15, 0.2) is 0 Å². The molecule has 1 aromatic rings. The highest BCUT2D eigenvalue weighted by Gasteiger charge is 2.41. The van der Waals surface area contributed by atoms with Crippen molar-refractivity contribution in [3.05, 3.63) is 35.4 Å². The zero-order chi connectivity index (χ0) is 16.5. The van der Waals surface area contributed by atoms with Gasteiger partial charge in [-0.1, -0.05) is 45.0 Å². The maximum absolute atomic E-state index is 12.2. The molecular weight excluding hydrogens is 278 g/mol. The smallest absolute Gasteiger partial charge is 0.307 e. The Balaban J connectivity index is 1.99. The van der Waals surface area contributed by atoms with Gasteiger partial charge >= 0.3 is 5.97 Å². The topological polar surface area (TPSA) is 66.4 Å². The van der Waals surface area contributed by atoms with E-state index in [-0.39, 0.29) is 23.3 Å². The lowest BCUT2D eigenvalue weighted by atomic mass is 9.73. The average molecular weight is 303 g/mol. The quantitative estimate of drug-likeness (QED) is 0.897. The number of rotatable bonds is 4. The van der Waals surface area contributed by atoms with E-state index in [1.54, 1.807) is 0 Å². The van der Waals surface area contributed by atoms with Crippen molar-refractivity contribution in [1.82, 2.24) is 5.32 Å². The first-order valence-electron chi connectivity index (χ1n) is 7.84. The number of amides is 1. The second-order valence-corrected chi connectivity index (χ2v) is 7.23. The van der Waals surface area contributed by atoms with Crippen LogP contribution < -0.4 is 5.32 Å². The number of carbonyl (C=O) groups excluding carboxylic acids is 1. The fourth-order valence-corrected chi connectivity index (χ4v) is 2.78. The van der Waals surface area contributed by atoms with E-state index in [9.17, 15) is 9.59 Å². The minimum absolute atomic E-state index is 0.103. The highest BCUT2D eigenvalue weighted by Crippen LogP contribution is 2.35. The number of benzene rings is 1. The first-order chi connectivity index (χ1) is 10.2. The standard InChI is InChI=1S/C18H25NO3/c1-11(12-5-7-13(8-6-12)18(2,3)4)19-16(20)14-9-10-15(14)17(21)22/h5-8,11,14-15H,9-10H2,1-4H3,(H,19,20)(H,21,22). The van der Waals surface area contributed by atoms with E-state index in [2.05, 4.69) is 38.2 Å². The van der Waals surface area contributed by atoms with Crippen molar-refractivity contribution in [1.29, 1.82) is 0 Å². The van der Waals surface area contributed by atoms with Gasteiger partial charge in [0.05, 0.1) is 17.9 Å². The molecule has 0 spiro atoms. The molecule has 1 fully saturated rings. The van der Waals surface area contributed by atoms with Crippen molar-refractivity contribution in [2.75, 3.05) is 0 Å². The zero-order valence-electron chi connectivity index (χ0n) is 13.7. The van der Waals surface area contributed by atoms with Gasteiger partial charge in [0.25, 0.3) is 0 Å². The molecule has 3 atom stereocenters. The molecule has 1 saturated carbocycles. The molecule has 2 N–H and O–H groups in total. The van der Waals surface area contributed by atoms with Crippen molar-refractivity contribution in [3.63, 3.8) is 0 Å². The summed E-state index contributed by atoms with van der Waals surface area (Å²) in [7, 11) is 0. The molecule has 1 aromatic carbocycles. The molecule has 2 rings (SSSR count). The summed E-state index contributed by atoms with van der Waals surface area (Å²) in [5.74, 6) is -1.91. The monoisotopic (exact) mass is 303 g/mol. The SMILES string of the molecule is CC(NC(=O)C1CCC1C(=O)O)c1ccc(C(C)(C)C)cc1. The predicted octanol–water partition coefficient (Wildman–Crippen LogP) is 3.27.